The average molecular weight is 307 g/mol. The molecule has 0 atom stereocenters. The second kappa shape index (κ2) is 8.57. The summed E-state index contributed by atoms with van der Waals surface area (Å²) in [7, 11) is 0. The van der Waals surface area contributed by atoms with Gasteiger partial charge in [-0.05, 0) is 61.4 Å². The van der Waals surface area contributed by atoms with Crippen molar-refractivity contribution < 1.29 is 0 Å². The van der Waals surface area contributed by atoms with Crippen molar-refractivity contribution in [2.45, 2.75) is 40.0 Å². The lowest BCUT2D eigenvalue weighted by Gasteiger charge is -2.26. The van der Waals surface area contributed by atoms with Gasteiger partial charge in [-0.25, -0.2) is 0 Å². The van der Waals surface area contributed by atoms with Gasteiger partial charge in [-0.2, -0.15) is 0 Å². The third-order valence-electron chi connectivity index (χ3n) is 4.43. The topological polar surface area (TPSA) is 3.24 Å². The Balaban J connectivity index is 2.00. The summed E-state index contributed by atoms with van der Waals surface area (Å²) in [5.41, 5.74) is 6.79. The van der Waals surface area contributed by atoms with Crippen LogP contribution in [0.2, 0.25) is 0 Å². The molecule has 0 heterocycles. The first-order valence-corrected chi connectivity index (χ1v) is 8.68. The van der Waals surface area contributed by atoms with Crippen LogP contribution in [0.5, 0.6) is 0 Å². The molecule has 0 fully saturated rings. The average Bonchev–Trinajstić information content (AvgIpc) is 2.56. The Kier molecular flexibility index (Phi) is 6.46. The zero-order valence-electron chi connectivity index (χ0n) is 14.8. The molecular formula is C22H29N. The number of hydrogen-bond acceptors (Lipinski definition) is 1. The van der Waals surface area contributed by atoms with Gasteiger partial charge in [-0.3, -0.25) is 0 Å². The van der Waals surface area contributed by atoms with Gasteiger partial charge >= 0.3 is 0 Å². The second-order valence-electron chi connectivity index (χ2n) is 6.27. The molecule has 2 aromatic rings. The van der Waals surface area contributed by atoms with Crippen LogP contribution in [0.1, 0.15) is 42.0 Å². The largest absolute Gasteiger partial charge is 0.371 e. The number of aryl methyl sites for hydroxylation is 3. The predicted octanol–water partition coefficient (Wildman–Crippen LogP) is 5.80. The maximum absolute atomic E-state index is 3.84. The number of rotatable bonds is 8. The molecule has 0 saturated carbocycles. The van der Waals surface area contributed by atoms with Crippen LogP contribution in [0, 0.1) is 13.8 Å². The van der Waals surface area contributed by atoms with Crippen molar-refractivity contribution in [2.24, 2.45) is 0 Å². The van der Waals surface area contributed by atoms with E-state index in [1.807, 2.05) is 6.08 Å². The summed E-state index contributed by atoms with van der Waals surface area (Å²) in [6.45, 7) is 12.7. The smallest absolute Gasteiger partial charge is 0.0395 e. The van der Waals surface area contributed by atoms with E-state index >= 15 is 0 Å². The number of nitrogens with zero attached hydrogens (tertiary/aromatic N) is 1. The zero-order chi connectivity index (χ0) is 16.7. The molecule has 1 heteroatoms. The number of hydrogen-bond donors (Lipinski definition) is 0. The van der Waals surface area contributed by atoms with Crippen molar-refractivity contribution in [1.82, 2.24) is 0 Å². The highest BCUT2D eigenvalue weighted by molar-refractivity contribution is 5.53. The van der Waals surface area contributed by atoms with E-state index in [9.17, 15) is 0 Å². The molecule has 0 aromatic heterocycles. The molecule has 0 saturated heterocycles. The Bertz CT molecular complexity index is 642. The van der Waals surface area contributed by atoms with E-state index in [1.165, 1.54) is 40.8 Å². The van der Waals surface area contributed by atoms with E-state index < -0.39 is 0 Å². The fraction of sp³-hybridized carbons (Fsp3) is 0.364. The summed E-state index contributed by atoms with van der Waals surface area (Å²) in [6, 6.07) is 15.4. The van der Waals surface area contributed by atoms with Crippen LogP contribution < -0.4 is 4.90 Å². The molecule has 0 unspecified atom stereocenters. The van der Waals surface area contributed by atoms with Crippen LogP contribution >= 0.6 is 0 Å². The van der Waals surface area contributed by atoms with Crippen LogP contribution in [0.3, 0.4) is 0 Å². The summed E-state index contributed by atoms with van der Waals surface area (Å²) in [5.74, 6) is 0. The monoisotopic (exact) mass is 307 g/mol. The van der Waals surface area contributed by atoms with Crippen LogP contribution in [-0.4, -0.2) is 13.1 Å². The van der Waals surface area contributed by atoms with Gasteiger partial charge < -0.3 is 4.90 Å². The SMILES string of the molecule is C=Cc1ccc(CCCN(CCC)c2ccccc2C)c(C)c1. The molecule has 0 spiro atoms. The molecule has 0 radical (unpaired) electrons. The fourth-order valence-electron chi connectivity index (χ4n) is 3.13. The van der Waals surface area contributed by atoms with Crippen molar-refractivity contribution >= 4 is 11.8 Å². The minimum Gasteiger partial charge on any atom is -0.371 e. The molecule has 2 rings (SSSR count). The first kappa shape index (κ1) is 17.3. The zero-order valence-corrected chi connectivity index (χ0v) is 14.8. The van der Waals surface area contributed by atoms with Crippen molar-refractivity contribution in [3.8, 4) is 0 Å². The maximum Gasteiger partial charge on any atom is 0.0395 e. The molecule has 0 amide bonds. The van der Waals surface area contributed by atoms with Crippen molar-refractivity contribution in [3.05, 3.63) is 71.3 Å². The van der Waals surface area contributed by atoms with Gasteiger partial charge in [-0.15, -0.1) is 0 Å². The van der Waals surface area contributed by atoms with Crippen molar-refractivity contribution in [3.63, 3.8) is 0 Å². The first-order chi connectivity index (χ1) is 11.2. The minimum atomic E-state index is 1.11. The van der Waals surface area contributed by atoms with E-state index in [-0.39, 0.29) is 0 Å². The van der Waals surface area contributed by atoms with E-state index in [2.05, 4.69) is 74.7 Å². The standard InChI is InChI=1S/C22H29N/c1-5-15-23(22-12-8-7-10-18(22)3)16-9-11-21-14-13-20(6-2)17-19(21)4/h6-8,10,12-14,17H,2,5,9,11,15-16H2,1,3-4H3. The highest BCUT2D eigenvalue weighted by Gasteiger charge is 2.08. The third kappa shape index (κ3) is 4.72. The Hall–Kier alpha value is -2.02. The van der Waals surface area contributed by atoms with Gasteiger partial charge in [0.2, 0.25) is 0 Å². The predicted molar refractivity (Wildman–Crippen MR) is 103 cm³/mol. The van der Waals surface area contributed by atoms with Crippen molar-refractivity contribution in [1.29, 1.82) is 0 Å². The summed E-state index contributed by atoms with van der Waals surface area (Å²) < 4.78 is 0. The fourth-order valence-corrected chi connectivity index (χ4v) is 3.13. The molecule has 2 aromatic carbocycles. The lowest BCUT2D eigenvalue weighted by Crippen LogP contribution is -2.26. The van der Waals surface area contributed by atoms with Crippen LogP contribution in [0.15, 0.2) is 49.0 Å². The molecule has 0 aliphatic heterocycles. The molecule has 122 valence electrons. The van der Waals surface area contributed by atoms with Crippen LogP contribution in [0.4, 0.5) is 5.69 Å². The maximum atomic E-state index is 3.84. The quantitative estimate of drug-likeness (QED) is 0.596. The van der Waals surface area contributed by atoms with Gasteiger partial charge in [0, 0.05) is 18.8 Å². The van der Waals surface area contributed by atoms with Gasteiger partial charge in [-0.1, -0.05) is 56.0 Å². The van der Waals surface area contributed by atoms with E-state index in [0.717, 1.165) is 19.5 Å². The van der Waals surface area contributed by atoms with E-state index in [0.29, 0.717) is 0 Å². The van der Waals surface area contributed by atoms with Crippen LogP contribution in [-0.2, 0) is 6.42 Å². The lowest BCUT2D eigenvalue weighted by atomic mass is 10.0. The Morgan fingerprint density at radius 1 is 1.00 bits per heavy atom. The number of para-hydroxylation sites is 1. The Labute approximate surface area is 141 Å². The molecule has 23 heavy (non-hydrogen) atoms. The third-order valence-corrected chi connectivity index (χ3v) is 4.43. The summed E-state index contributed by atoms with van der Waals surface area (Å²) >= 11 is 0. The number of benzene rings is 2. The van der Waals surface area contributed by atoms with Crippen molar-refractivity contribution in [2.75, 3.05) is 18.0 Å². The summed E-state index contributed by atoms with van der Waals surface area (Å²) in [4.78, 5) is 2.53. The van der Waals surface area contributed by atoms with Gasteiger partial charge in [0.1, 0.15) is 0 Å². The lowest BCUT2D eigenvalue weighted by molar-refractivity contribution is 0.711. The highest BCUT2D eigenvalue weighted by Crippen LogP contribution is 2.21. The van der Waals surface area contributed by atoms with E-state index in [4.69, 9.17) is 0 Å². The Morgan fingerprint density at radius 2 is 1.78 bits per heavy atom. The van der Waals surface area contributed by atoms with Crippen LogP contribution in [0.25, 0.3) is 6.08 Å². The molecule has 1 nitrogen and oxygen atoms in total. The molecule has 0 aliphatic carbocycles. The summed E-state index contributed by atoms with van der Waals surface area (Å²) in [5, 5.41) is 0. The van der Waals surface area contributed by atoms with Gasteiger partial charge in [0.25, 0.3) is 0 Å². The molecule has 0 N–H and O–H groups in total. The van der Waals surface area contributed by atoms with E-state index in [1.54, 1.807) is 0 Å². The molecule has 0 bridgehead atoms. The highest BCUT2D eigenvalue weighted by atomic mass is 15.1. The van der Waals surface area contributed by atoms with Gasteiger partial charge in [0.15, 0.2) is 0 Å². The Morgan fingerprint density at radius 3 is 2.43 bits per heavy atom. The molecular weight excluding hydrogens is 278 g/mol. The first-order valence-electron chi connectivity index (χ1n) is 8.68. The molecule has 0 aliphatic rings. The van der Waals surface area contributed by atoms with Gasteiger partial charge in [0.05, 0.1) is 0 Å². The minimum absolute atomic E-state index is 1.11. The summed E-state index contributed by atoms with van der Waals surface area (Å²) in [6.07, 6.45) is 5.41. The second-order valence-corrected chi connectivity index (χ2v) is 6.27. The normalized spacial score (nSPS) is 10.6. The number of anilines is 1.